The molecule has 5 nitrogen and oxygen atoms in total. The van der Waals surface area contributed by atoms with Crippen molar-refractivity contribution in [1.29, 1.82) is 0 Å². The van der Waals surface area contributed by atoms with Gasteiger partial charge in [-0.05, 0) is 6.42 Å². The Kier molecular flexibility index (Phi) is 5.88. The summed E-state index contributed by atoms with van der Waals surface area (Å²) in [6.45, 7) is 2.01. The largest absolute Gasteiger partial charge is 0.548 e. The van der Waals surface area contributed by atoms with Gasteiger partial charge in [0.1, 0.15) is 0 Å². The lowest BCUT2D eigenvalue weighted by molar-refractivity contribution is -0.355. The number of carboxylic acid groups (broad SMARTS) is 1. The third-order valence-electron chi connectivity index (χ3n) is 1.69. The molecule has 1 amide bonds. The Balaban J connectivity index is 3.94. The van der Waals surface area contributed by atoms with E-state index >= 15 is 0 Å². The smallest absolute Gasteiger partial charge is 0.275 e. The normalized spacial score (nSPS) is 12.2. The molecule has 4 N–H and O–H groups in total. The Bertz CT molecular complexity index is 182. The van der Waals surface area contributed by atoms with Crippen LogP contribution in [-0.2, 0) is 9.59 Å². The molecule has 0 aliphatic heterocycles. The summed E-state index contributed by atoms with van der Waals surface area (Å²) < 4.78 is 0. The lowest BCUT2D eigenvalue weighted by Gasteiger charge is -2.18. The molecule has 0 radical (unpaired) electrons. The molecule has 0 aliphatic rings. The third-order valence-corrected chi connectivity index (χ3v) is 1.69. The highest BCUT2D eigenvalue weighted by Crippen LogP contribution is 1.99. The van der Waals surface area contributed by atoms with Gasteiger partial charge in [-0.3, -0.25) is 4.79 Å². The molecule has 0 fully saturated rings. The minimum atomic E-state index is -1.23. The maximum Gasteiger partial charge on any atom is 0.275 e. The van der Waals surface area contributed by atoms with E-state index in [9.17, 15) is 14.7 Å². The summed E-state index contributed by atoms with van der Waals surface area (Å²) in [4.78, 5) is 21.3. The second kappa shape index (κ2) is 6.42. The van der Waals surface area contributed by atoms with Crippen LogP contribution >= 0.6 is 0 Å². The number of quaternary nitrogens is 1. The molecular weight excluding hydrogens is 172 g/mol. The fraction of sp³-hybridized carbons (Fsp3) is 0.750. The van der Waals surface area contributed by atoms with Gasteiger partial charge >= 0.3 is 0 Å². The van der Waals surface area contributed by atoms with Crippen molar-refractivity contribution in [3.05, 3.63) is 0 Å². The van der Waals surface area contributed by atoms with Crippen LogP contribution in [0.3, 0.4) is 0 Å². The Morgan fingerprint density at radius 1 is 1.54 bits per heavy atom. The van der Waals surface area contributed by atoms with E-state index < -0.39 is 12.0 Å². The van der Waals surface area contributed by atoms with E-state index in [1.807, 2.05) is 6.92 Å². The van der Waals surface area contributed by atoms with Crippen molar-refractivity contribution in [2.24, 2.45) is 0 Å². The van der Waals surface area contributed by atoms with Crippen LogP contribution in [0.5, 0.6) is 0 Å². The zero-order valence-corrected chi connectivity index (χ0v) is 7.84. The van der Waals surface area contributed by atoms with Crippen LogP contribution in [0.2, 0.25) is 0 Å². The van der Waals surface area contributed by atoms with Gasteiger partial charge in [-0.1, -0.05) is 19.8 Å². The van der Waals surface area contributed by atoms with E-state index in [1.54, 1.807) is 0 Å². The summed E-state index contributed by atoms with van der Waals surface area (Å²) in [5.41, 5.74) is 3.35. The number of carbonyl (C=O) groups excluding carboxylic acids is 2. The van der Waals surface area contributed by atoms with E-state index in [0.717, 1.165) is 12.8 Å². The van der Waals surface area contributed by atoms with Gasteiger partial charge in [0.25, 0.3) is 5.91 Å². The average molecular weight is 188 g/mol. The van der Waals surface area contributed by atoms with Crippen molar-refractivity contribution in [3.63, 3.8) is 0 Å². The van der Waals surface area contributed by atoms with Gasteiger partial charge in [0.2, 0.25) is 0 Å². The first-order valence-electron chi connectivity index (χ1n) is 4.41. The molecule has 5 heteroatoms. The number of amides is 1. The van der Waals surface area contributed by atoms with Crippen LogP contribution in [0, 0.1) is 0 Å². The highest BCUT2D eigenvalue weighted by molar-refractivity contribution is 5.83. The van der Waals surface area contributed by atoms with E-state index in [-0.39, 0.29) is 12.5 Å². The van der Waals surface area contributed by atoms with Crippen LogP contribution in [-0.4, -0.2) is 24.5 Å². The van der Waals surface area contributed by atoms with Crippen LogP contribution in [0.1, 0.15) is 26.2 Å². The molecule has 13 heavy (non-hydrogen) atoms. The summed E-state index contributed by atoms with van der Waals surface area (Å²) >= 11 is 0. The average Bonchev–Trinajstić information content (AvgIpc) is 2.11. The van der Waals surface area contributed by atoms with Gasteiger partial charge in [-0.15, -0.1) is 0 Å². The SMILES string of the molecule is CCCC[C@@H](NC(=O)C[NH3+])C(=O)[O-]. The van der Waals surface area contributed by atoms with Crippen molar-refractivity contribution in [3.8, 4) is 0 Å². The zero-order chi connectivity index (χ0) is 10.3. The highest BCUT2D eigenvalue weighted by atomic mass is 16.4. The molecule has 0 rings (SSSR count). The van der Waals surface area contributed by atoms with E-state index in [2.05, 4.69) is 11.1 Å². The first kappa shape index (κ1) is 11.9. The number of hydrogen-bond donors (Lipinski definition) is 2. The van der Waals surface area contributed by atoms with Crippen LogP contribution < -0.4 is 16.2 Å². The van der Waals surface area contributed by atoms with Gasteiger partial charge in [0.05, 0.1) is 12.0 Å². The van der Waals surface area contributed by atoms with Crippen molar-refractivity contribution >= 4 is 11.9 Å². The number of nitrogens with one attached hydrogen (secondary N) is 1. The minimum Gasteiger partial charge on any atom is -0.548 e. The topological polar surface area (TPSA) is 96.9 Å². The highest BCUT2D eigenvalue weighted by Gasteiger charge is 2.12. The molecule has 0 spiro atoms. The molecule has 0 unspecified atom stereocenters. The Morgan fingerprint density at radius 2 is 2.15 bits per heavy atom. The predicted molar refractivity (Wildman–Crippen MR) is 44.2 cm³/mol. The molecule has 0 saturated heterocycles. The fourth-order valence-corrected chi connectivity index (χ4v) is 0.924. The van der Waals surface area contributed by atoms with Crippen LogP contribution in [0.25, 0.3) is 0 Å². The van der Waals surface area contributed by atoms with Gasteiger partial charge < -0.3 is 21.0 Å². The summed E-state index contributed by atoms with van der Waals surface area (Å²) in [5, 5.41) is 12.8. The standard InChI is InChI=1S/C8H16N2O3/c1-2-3-4-6(8(12)13)10-7(11)5-9/h6H,2-5,9H2,1H3,(H,10,11)(H,12,13)/t6-/m1/s1. The maximum atomic E-state index is 10.8. The lowest BCUT2D eigenvalue weighted by Crippen LogP contribution is -2.60. The molecule has 1 atom stereocenters. The number of carbonyl (C=O) groups is 2. The quantitative estimate of drug-likeness (QED) is 0.488. The van der Waals surface area contributed by atoms with E-state index in [1.165, 1.54) is 0 Å². The predicted octanol–water partition coefficient (Wildman–Crippen LogP) is -2.35. The lowest BCUT2D eigenvalue weighted by atomic mass is 10.1. The molecule has 0 heterocycles. The second-order valence-corrected chi connectivity index (χ2v) is 2.83. The van der Waals surface area contributed by atoms with Gasteiger partial charge in [-0.25, -0.2) is 0 Å². The number of rotatable bonds is 6. The molecule has 76 valence electrons. The van der Waals surface area contributed by atoms with Crippen molar-refractivity contribution < 1.29 is 20.4 Å². The molecule has 0 saturated carbocycles. The molecule has 0 aromatic carbocycles. The monoisotopic (exact) mass is 188 g/mol. The molecule has 0 aromatic rings. The summed E-state index contributed by atoms with van der Waals surface area (Å²) in [7, 11) is 0. The Morgan fingerprint density at radius 3 is 2.54 bits per heavy atom. The van der Waals surface area contributed by atoms with Gasteiger partial charge in [0, 0.05) is 0 Å². The van der Waals surface area contributed by atoms with Gasteiger partial charge in [-0.2, -0.15) is 0 Å². The number of carboxylic acids is 1. The van der Waals surface area contributed by atoms with Crippen molar-refractivity contribution in [2.45, 2.75) is 32.2 Å². The second-order valence-electron chi connectivity index (χ2n) is 2.83. The van der Waals surface area contributed by atoms with E-state index in [4.69, 9.17) is 0 Å². The third kappa shape index (κ3) is 5.19. The fourth-order valence-electron chi connectivity index (χ4n) is 0.924. The Labute approximate surface area is 77.3 Å². The summed E-state index contributed by atoms with van der Waals surface area (Å²) in [5.74, 6) is -1.58. The summed E-state index contributed by atoms with van der Waals surface area (Å²) in [6.07, 6.45) is 2.07. The van der Waals surface area contributed by atoms with Gasteiger partial charge in [0.15, 0.2) is 6.54 Å². The maximum absolute atomic E-state index is 10.8. The molecular formula is C8H16N2O3. The van der Waals surface area contributed by atoms with Crippen molar-refractivity contribution in [1.82, 2.24) is 5.32 Å². The minimum absolute atomic E-state index is 0.0515. The first-order valence-corrected chi connectivity index (χ1v) is 4.41. The zero-order valence-electron chi connectivity index (χ0n) is 7.84. The summed E-state index contributed by atoms with van der Waals surface area (Å²) in [6, 6.07) is -0.866. The molecule has 0 aliphatic carbocycles. The van der Waals surface area contributed by atoms with Crippen molar-refractivity contribution in [2.75, 3.05) is 6.54 Å². The molecule has 0 aromatic heterocycles. The number of unbranched alkanes of at least 4 members (excludes halogenated alkanes) is 1. The van der Waals surface area contributed by atoms with Crippen LogP contribution in [0.15, 0.2) is 0 Å². The molecule has 0 bridgehead atoms. The van der Waals surface area contributed by atoms with E-state index in [0.29, 0.717) is 6.42 Å². The number of aliphatic carboxylic acids is 1. The first-order chi connectivity index (χ1) is 6.11. The number of hydrogen-bond acceptors (Lipinski definition) is 3. The Hall–Kier alpha value is -1.10. The van der Waals surface area contributed by atoms with Crippen LogP contribution in [0.4, 0.5) is 0 Å².